The molecule has 1 aliphatic carbocycles. The van der Waals surface area contributed by atoms with Crippen molar-refractivity contribution in [3.63, 3.8) is 0 Å². The highest BCUT2D eigenvalue weighted by Gasteiger charge is 2.27. The van der Waals surface area contributed by atoms with Gasteiger partial charge in [0.1, 0.15) is 5.69 Å². The Morgan fingerprint density at radius 1 is 1.07 bits per heavy atom. The average molecular weight is 406 g/mol. The van der Waals surface area contributed by atoms with E-state index >= 15 is 0 Å². The van der Waals surface area contributed by atoms with Gasteiger partial charge in [0.15, 0.2) is 0 Å². The summed E-state index contributed by atoms with van der Waals surface area (Å²) >= 11 is 0. The van der Waals surface area contributed by atoms with E-state index < -0.39 is 0 Å². The van der Waals surface area contributed by atoms with Crippen molar-refractivity contribution < 1.29 is 9.59 Å². The molecular weight excluding hydrogens is 378 g/mol. The van der Waals surface area contributed by atoms with Crippen LogP contribution in [-0.4, -0.2) is 38.9 Å². The topological polar surface area (TPSA) is 88.9 Å². The monoisotopic (exact) mass is 405 g/mol. The second-order valence-corrected chi connectivity index (χ2v) is 7.83. The van der Waals surface area contributed by atoms with E-state index in [4.69, 9.17) is 0 Å². The number of carbonyl (C=O) groups excluding carboxylic acids is 2. The molecule has 7 heteroatoms. The van der Waals surface area contributed by atoms with E-state index in [0.29, 0.717) is 12.2 Å². The minimum Gasteiger partial charge on any atom is -0.356 e. The van der Waals surface area contributed by atoms with Crippen LogP contribution in [0.3, 0.4) is 0 Å². The Morgan fingerprint density at radius 3 is 2.70 bits per heavy atom. The first-order valence-electron chi connectivity index (χ1n) is 10.6. The van der Waals surface area contributed by atoms with Gasteiger partial charge in [0.05, 0.1) is 6.20 Å². The first-order chi connectivity index (χ1) is 14.7. The average Bonchev–Trinajstić information content (AvgIpc) is 3.21. The van der Waals surface area contributed by atoms with E-state index in [1.165, 1.54) is 23.3 Å². The van der Waals surface area contributed by atoms with Crippen LogP contribution < -0.4 is 10.6 Å². The third-order valence-electron chi connectivity index (χ3n) is 5.78. The number of nitrogens with one attached hydrogen (secondary N) is 2. The molecule has 0 atom stereocenters. The Hall–Kier alpha value is -3.22. The number of aromatic nitrogens is 3. The van der Waals surface area contributed by atoms with Gasteiger partial charge < -0.3 is 15.2 Å². The molecule has 2 heterocycles. The van der Waals surface area contributed by atoms with Crippen molar-refractivity contribution in [3.05, 3.63) is 60.8 Å². The quantitative estimate of drug-likeness (QED) is 0.592. The van der Waals surface area contributed by atoms with Gasteiger partial charge in [-0.15, -0.1) is 0 Å². The van der Waals surface area contributed by atoms with E-state index in [9.17, 15) is 9.59 Å². The summed E-state index contributed by atoms with van der Waals surface area (Å²) in [5, 5.41) is 7.33. The minimum absolute atomic E-state index is 0.0297. The van der Waals surface area contributed by atoms with Crippen LogP contribution in [0.1, 0.15) is 42.6 Å². The first kappa shape index (κ1) is 20.1. The van der Waals surface area contributed by atoms with Crippen molar-refractivity contribution in [2.75, 3.05) is 6.54 Å². The van der Waals surface area contributed by atoms with Crippen LogP contribution in [-0.2, 0) is 11.3 Å². The third-order valence-corrected chi connectivity index (χ3v) is 5.78. The van der Waals surface area contributed by atoms with Gasteiger partial charge in [-0.3, -0.25) is 14.6 Å². The number of hydrogen-bond donors (Lipinski definition) is 2. The highest BCUT2D eigenvalue weighted by molar-refractivity contribution is 5.92. The van der Waals surface area contributed by atoms with Gasteiger partial charge in [-0.05, 0) is 49.6 Å². The van der Waals surface area contributed by atoms with Crippen molar-refractivity contribution >= 4 is 22.7 Å². The smallest absolute Gasteiger partial charge is 0.271 e. The number of fused-ring (bicyclic) bond motifs is 1. The van der Waals surface area contributed by atoms with Gasteiger partial charge in [0.25, 0.3) is 5.91 Å². The number of hydrogen-bond acceptors (Lipinski definition) is 4. The molecule has 0 unspecified atom stereocenters. The molecule has 2 N–H and O–H groups in total. The number of amides is 2. The van der Waals surface area contributed by atoms with Crippen LogP contribution >= 0.6 is 0 Å². The molecule has 2 amide bonds. The zero-order chi connectivity index (χ0) is 20.8. The molecule has 2 aromatic heterocycles. The molecule has 4 rings (SSSR count). The first-order valence-corrected chi connectivity index (χ1v) is 10.6. The number of benzene rings is 1. The van der Waals surface area contributed by atoms with Crippen LogP contribution in [0.25, 0.3) is 10.9 Å². The summed E-state index contributed by atoms with van der Waals surface area (Å²) < 4.78 is 2.23. The molecule has 0 saturated heterocycles. The Balaban J connectivity index is 1.16. The zero-order valence-electron chi connectivity index (χ0n) is 17.0. The lowest BCUT2D eigenvalue weighted by Gasteiger charge is -2.28. The van der Waals surface area contributed by atoms with Crippen molar-refractivity contribution in [1.82, 2.24) is 25.2 Å². The molecule has 0 radical (unpaired) electrons. The Kier molecular flexibility index (Phi) is 6.37. The fourth-order valence-corrected chi connectivity index (χ4v) is 4.12. The Morgan fingerprint density at radius 2 is 1.90 bits per heavy atom. The summed E-state index contributed by atoms with van der Waals surface area (Å²) in [4.78, 5) is 32.6. The van der Waals surface area contributed by atoms with Crippen LogP contribution in [0.4, 0.5) is 0 Å². The van der Waals surface area contributed by atoms with Gasteiger partial charge in [0.2, 0.25) is 5.91 Å². The Bertz CT molecular complexity index is 993. The SMILES string of the molecule is O=C(NC1CCC(C(=O)NCCCn2ccc3ccccc32)CC1)c1cnccn1. The van der Waals surface area contributed by atoms with E-state index in [2.05, 4.69) is 49.6 Å². The standard InChI is InChI=1S/C23H27N5O2/c29-22(26-11-3-14-28-15-10-17-4-1-2-5-21(17)28)18-6-8-19(9-7-18)27-23(30)20-16-24-12-13-25-20/h1-2,4-5,10,12-13,15-16,18-19H,3,6-9,11,14H2,(H,26,29)(H,27,30). The number of rotatable bonds is 7. The summed E-state index contributed by atoms with van der Waals surface area (Å²) in [6.45, 7) is 1.56. The number of nitrogens with zero attached hydrogens (tertiary/aromatic N) is 3. The molecule has 3 aromatic rings. The maximum absolute atomic E-state index is 12.5. The van der Waals surface area contributed by atoms with Crippen LogP contribution in [0.15, 0.2) is 55.1 Å². The highest BCUT2D eigenvalue weighted by Crippen LogP contribution is 2.24. The van der Waals surface area contributed by atoms with Crippen LogP contribution in [0, 0.1) is 5.92 Å². The molecule has 30 heavy (non-hydrogen) atoms. The van der Waals surface area contributed by atoms with Gasteiger partial charge >= 0.3 is 0 Å². The van der Waals surface area contributed by atoms with Gasteiger partial charge in [0, 0.05) is 49.2 Å². The Labute approximate surface area is 175 Å². The maximum Gasteiger partial charge on any atom is 0.271 e. The molecule has 0 aliphatic heterocycles. The van der Waals surface area contributed by atoms with Crippen molar-refractivity contribution in [2.24, 2.45) is 5.92 Å². The predicted octanol–water partition coefficient (Wildman–Crippen LogP) is 2.93. The van der Waals surface area contributed by atoms with Crippen molar-refractivity contribution in [1.29, 1.82) is 0 Å². The number of para-hydroxylation sites is 1. The maximum atomic E-state index is 12.5. The summed E-state index contributed by atoms with van der Waals surface area (Å²) in [5.74, 6) is -0.0401. The number of aryl methyl sites for hydroxylation is 1. The molecular formula is C23H27N5O2. The molecule has 7 nitrogen and oxygen atoms in total. The zero-order valence-corrected chi connectivity index (χ0v) is 17.0. The second kappa shape index (κ2) is 9.52. The fraction of sp³-hybridized carbons (Fsp3) is 0.391. The summed E-state index contributed by atoms with van der Waals surface area (Å²) in [6.07, 6.45) is 10.7. The summed E-state index contributed by atoms with van der Waals surface area (Å²) in [6, 6.07) is 10.5. The van der Waals surface area contributed by atoms with Crippen LogP contribution in [0.5, 0.6) is 0 Å². The van der Waals surface area contributed by atoms with Crippen molar-refractivity contribution in [3.8, 4) is 0 Å². The van der Waals surface area contributed by atoms with Crippen LogP contribution in [0.2, 0.25) is 0 Å². The normalized spacial score (nSPS) is 18.8. The molecule has 1 aromatic carbocycles. The van der Waals surface area contributed by atoms with E-state index in [0.717, 1.165) is 38.6 Å². The molecule has 0 spiro atoms. The molecule has 156 valence electrons. The lowest BCUT2D eigenvalue weighted by Crippen LogP contribution is -2.41. The van der Waals surface area contributed by atoms with E-state index in [1.807, 2.05) is 12.1 Å². The minimum atomic E-state index is -0.200. The highest BCUT2D eigenvalue weighted by atomic mass is 16.2. The fourth-order valence-electron chi connectivity index (χ4n) is 4.12. The van der Waals surface area contributed by atoms with Gasteiger partial charge in [-0.2, -0.15) is 0 Å². The van der Waals surface area contributed by atoms with E-state index in [1.54, 1.807) is 6.20 Å². The number of carbonyl (C=O) groups is 2. The van der Waals surface area contributed by atoms with Gasteiger partial charge in [-0.25, -0.2) is 4.98 Å². The second-order valence-electron chi connectivity index (χ2n) is 7.83. The molecule has 0 bridgehead atoms. The van der Waals surface area contributed by atoms with Gasteiger partial charge in [-0.1, -0.05) is 18.2 Å². The lowest BCUT2D eigenvalue weighted by atomic mass is 9.85. The predicted molar refractivity (Wildman–Crippen MR) is 115 cm³/mol. The molecule has 1 aliphatic rings. The lowest BCUT2D eigenvalue weighted by molar-refractivity contribution is -0.126. The third kappa shape index (κ3) is 4.84. The summed E-state index contributed by atoms with van der Waals surface area (Å²) in [5.41, 5.74) is 1.55. The summed E-state index contributed by atoms with van der Waals surface area (Å²) in [7, 11) is 0. The van der Waals surface area contributed by atoms with E-state index in [-0.39, 0.29) is 23.8 Å². The molecule has 1 fully saturated rings. The molecule has 1 saturated carbocycles. The largest absolute Gasteiger partial charge is 0.356 e. The van der Waals surface area contributed by atoms with Crippen molar-refractivity contribution in [2.45, 2.75) is 44.7 Å².